The quantitative estimate of drug-likeness (QED) is 0.449. The molecule has 28 heavy (non-hydrogen) atoms. The number of aliphatic hydroxyl groups excluding tert-OH is 1. The molecule has 1 N–H and O–H groups in total. The molecule has 2 aromatic rings. The predicted molar refractivity (Wildman–Crippen MR) is 123 cm³/mol. The average Bonchev–Trinajstić information content (AvgIpc) is 2.67. The van der Waals surface area contributed by atoms with Crippen molar-refractivity contribution in [1.29, 1.82) is 0 Å². The van der Waals surface area contributed by atoms with Crippen LogP contribution in [0.3, 0.4) is 0 Å². The first-order valence-corrected chi connectivity index (χ1v) is 12.3. The van der Waals surface area contributed by atoms with Gasteiger partial charge in [-0.3, -0.25) is 0 Å². The molecule has 0 heterocycles. The van der Waals surface area contributed by atoms with E-state index in [9.17, 15) is 5.11 Å². The van der Waals surface area contributed by atoms with E-state index >= 15 is 0 Å². The Morgan fingerprint density at radius 1 is 0.964 bits per heavy atom. The van der Waals surface area contributed by atoms with Gasteiger partial charge in [0.2, 0.25) is 0 Å². The minimum atomic E-state index is -2.48. The Hall–Kier alpha value is -1.68. The molecule has 0 radical (unpaired) electrons. The zero-order chi connectivity index (χ0) is 20.6. The van der Waals surface area contributed by atoms with Gasteiger partial charge < -0.3 is 9.53 Å². The summed E-state index contributed by atoms with van der Waals surface area (Å²) in [6.07, 6.45) is 4.96. The smallest absolute Gasteiger partial charge is 0.261 e. The van der Waals surface area contributed by atoms with Gasteiger partial charge in [-0.15, -0.1) is 6.58 Å². The minimum absolute atomic E-state index is 0.00762. The molecule has 0 aliphatic heterocycles. The molecule has 0 aromatic heterocycles. The zero-order valence-electron chi connectivity index (χ0n) is 17.9. The molecule has 2 atom stereocenters. The standard InChI is InChI=1S/C25H36O2Si/c1-6-14-22(26)16-13-15-21(2)27-28(25(3,4)5,23-17-9-7-10-18-23)24-19-11-8-12-20-24/h6-12,17-22,26H,1,13-16H2,2-5H3. The second kappa shape index (κ2) is 10.2. The molecule has 0 saturated heterocycles. The Bertz CT molecular complexity index is 667. The molecule has 3 heteroatoms. The van der Waals surface area contributed by atoms with Crippen LogP contribution in [0.1, 0.15) is 53.4 Å². The van der Waals surface area contributed by atoms with E-state index in [1.807, 2.05) is 0 Å². The largest absolute Gasteiger partial charge is 0.405 e. The van der Waals surface area contributed by atoms with E-state index in [1.54, 1.807) is 6.08 Å². The van der Waals surface area contributed by atoms with Crippen molar-refractivity contribution < 1.29 is 9.53 Å². The first-order valence-electron chi connectivity index (χ1n) is 10.4. The third-order valence-corrected chi connectivity index (χ3v) is 10.5. The maximum atomic E-state index is 9.98. The summed E-state index contributed by atoms with van der Waals surface area (Å²) in [4.78, 5) is 0. The lowest BCUT2D eigenvalue weighted by Gasteiger charge is -2.44. The zero-order valence-corrected chi connectivity index (χ0v) is 18.9. The van der Waals surface area contributed by atoms with E-state index in [0.717, 1.165) is 19.3 Å². The maximum absolute atomic E-state index is 9.98. The van der Waals surface area contributed by atoms with Gasteiger partial charge in [-0.05, 0) is 48.0 Å². The van der Waals surface area contributed by atoms with E-state index in [0.29, 0.717) is 6.42 Å². The molecule has 0 aliphatic rings. The van der Waals surface area contributed by atoms with Gasteiger partial charge in [0, 0.05) is 6.10 Å². The highest BCUT2D eigenvalue weighted by molar-refractivity contribution is 6.99. The maximum Gasteiger partial charge on any atom is 0.261 e. The third-order valence-electron chi connectivity index (χ3n) is 5.38. The van der Waals surface area contributed by atoms with Crippen LogP contribution in [0.15, 0.2) is 73.3 Å². The summed E-state index contributed by atoms with van der Waals surface area (Å²) >= 11 is 0. The lowest BCUT2D eigenvalue weighted by molar-refractivity contribution is 0.148. The first kappa shape index (κ1) is 22.6. The number of aliphatic hydroxyl groups is 1. The highest BCUT2D eigenvalue weighted by atomic mass is 28.4. The summed E-state index contributed by atoms with van der Waals surface area (Å²) in [5.41, 5.74) is 0. The van der Waals surface area contributed by atoms with E-state index in [-0.39, 0.29) is 17.2 Å². The number of hydrogen-bond acceptors (Lipinski definition) is 2. The molecule has 0 saturated carbocycles. The van der Waals surface area contributed by atoms with Gasteiger partial charge in [0.25, 0.3) is 8.32 Å². The van der Waals surface area contributed by atoms with E-state index in [4.69, 9.17) is 4.43 Å². The molecule has 2 nitrogen and oxygen atoms in total. The predicted octanol–water partition coefficient (Wildman–Crippen LogP) is 5.06. The average molecular weight is 397 g/mol. The molecule has 2 aromatic carbocycles. The normalized spacial score (nSPS) is 14.5. The van der Waals surface area contributed by atoms with Crippen molar-refractivity contribution in [3.8, 4) is 0 Å². The molecule has 152 valence electrons. The first-order chi connectivity index (χ1) is 13.3. The molecule has 0 spiro atoms. The topological polar surface area (TPSA) is 29.5 Å². The molecular weight excluding hydrogens is 360 g/mol. The number of rotatable bonds is 10. The third kappa shape index (κ3) is 5.44. The van der Waals surface area contributed by atoms with Crippen molar-refractivity contribution in [2.24, 2.45) is 0 Å². The van der Waals surface area contributed by atoms with Crippen molar-refractivity contribution in [1.82, 2.24) is 0 Å². The Morgan fingerprint density at radius 3 is 1.89 bits per heavy atom. The molecule has 0 bridgehead atoms. The Balaban J connectivity index is 2.32. The van der Waals surface area contributed by atoms with E-state index in [1.165, 1.54) is 10.4 Å². The van der Waals surface area contributed by atoms with Crippen molar-refractivity contribution in [2.45, 2.75) is 70.6 Å². The summed E-state index contributed by atoms with van der Waals surface area (Å²) in [5.74, 6) is 0. The summed E-state index contributed by atoms with van der Waals surface area (Å²) in [7, 11) is -2.48. The monoisotopic (exact) mass is 396 g/mol. The molecule has 2 unspecified atom stereocenters. The van der Waals surface area contributed by atoms with Crippen LogP contribution < -0.4 is 10.4 Å². The van der Waals surface area contributed by atoms with Crippen molar-refractivity contribution in [2.75, 3.05) is 0 Å². The van der Waals surface area contributed by atoms with Gasteiger partial charge in [0.1, 0.15) is 0 Å². The van der Waals surface area contributed by atoms with Crippen LogP contribution in [0.5, 0.6) is 0 Å². The van der Waals surface area contributed by atoms with E-state index in [2.05, 4.69) is 94.9 Å². The summed E-state index contributed by atoms with van der Waals surface area (Å²) in [6.45, 7) is 12.8. The van der Waals surface area contributed by atoms with Gasteiger partial charge in [-0.25, -0.2) is 0 Å². The molecule has 0 amide bonds. The van der Waals surface area contributed by atoms with E-state index < -0.39 is 8.32 Å². The summed E-state index contributed by atoms with van der Waals surface area (Å²) in [6, 6.07) is 21.5. The lowest BCUT2D eigenvalue weighted by Crippen LogP contribution is -2.67. The van der Waals surface area contributed by atoms with Crippen LogP contribution in [0.4, 0.5) is 0 Å². The van der Waals surface area contributed by atoms with Crippen LogP contribution in [-0.2, 0) is 4.43 Å². The fraction of sp³-hybridized carbons (Fsp3) is 0.440. The lowest BCUT2D eigenvalue weighted by atomic mass is 10.1. The second-order valence-electron chi connectivity index (χ2n) is 8.70. The van der Waals surface area contributed by atoms with Crippen LogP contribution in [0.25, 0.3) is 0 Å². The van der Waals surface area contributed by atoms with Gasteiger partial charge >= 0.3 is 0 Å². The van der Waals surface area contributed by atoms with Crippen LogP contribution in [0.2, 0.25) is 5.04 Å². The molecule has 0 fully saturated rings. The fourth-order valence-corrected chi connectivity index (χ4v) is 8.74. The van der Waals surface area contributed by atoms with Gasteiger partial charge in [-0.2, -0.15) is 0 Å². The van der Waals surface area contributed by atoms with Gasteiger partial charge in [-0.1, -0.05) is 87.5 Å². The summed E-state index contributed by atoms with van der Waals surface area (Å²) in [5, 5.41) is 12.6. The SMILES string of the molecule is C=CCC(O)CCCC(C)O[Si](c1ccccc1)(c1ccccc1)C(C)(C)C. The van der Waals surface area contributed by atoms with Crippen LogP contribution in [0, 0.1) is 0 Å². The van der Waals surface area contributed by atoms with Crippen molar-refractivity contribution in [3.63, 3.8) is 0 Å². The molecule has 2 rings (SSSR count). The van der Waals surface area contributed by atoms with Crippen molar-refractivity contribution >= 4 is 18.7 Å². The van der Waals surface area contributed by atoms with Crippen molar-refractivity contribution in [3.05, 3.63) is 73.3 Å². The molecule has 0 aliphatic carbocycles. The Morgan fingerprint density at radius 2 is 1.46 bits per heavy atom. The second-order valence-corrected chi connectivity index (χ2v) is 13.0. The van der Waals surface area contributed by atoms with Gasteiger partial charge in [0.05, 0.1) is 6.10 Å². The van der Waals surface area contributed by atoms with Crippen LogP contribution >= 0.6 is 0 Å². The van der Waals surface area contributed by atoms with Crippen LogP contribution in [-0.4, -0.2) is 25.6 Å². The number of benzene rings is 2. The molecular formula is C25H36O2Si. The Kier molecular flexibility index (Phi) is 8.23. The highest BCUT2D eigenvalue weighted by Gasteiger charge is 2.50. The van der Waals surface area contributed by atoms with Gasteiger partial charge in [0.15, 0.2) is 0 Å². The minimum Gasteiger partial charge on any atom is -0.405 e. The highest BCUT2D eigenvalue weighted by Crippen LogP contribution is 2.37. The fourth-order valence-electron chi connectivity index (χ4n) is 4.00. The number of hydrogen-bond donors (Lipinski definition) is 1. The summed E-state index contributed by atoms with van der Waals surface area (Å²) < 4.78 is 7.05. The Labute approximate surface area is 172 Å².